The number of anilines is 2. The predicted octanol–water partition coefficient (Wildman–Crippen LogP) is 9.35. The van der Waals surface area contributed by atoms with Crippen LogP contribution in [0.4, 0.5) is 22.7 Å². The van der Waals surface area contributed by atoms with Crippen LogP contribution in [0.2, 0.25) is 0 Å². The first-order chi connectivity index (χ1) is 16.6. The van der Waals surface area contributed by atoms with Crippen LogP contribution in [0.25, 0.3) is 20.9 Å². The Balaban J connectivity index is 2.13. The topological polar surface area (TPSA) is 104 Å². The molecule has 35 heavy (non-hydrogen) atoms. The molecule has 8 heteroatoms. The van der Waals surface area contributed by atoms with E-state index in [9.17, 15) is 0 Å². The second-order valence-corrected chi connectivity index (χ2v) is 10.6. The molecule has 186 valence electrons. The van der Waals surface area contributed by atoms with Crippen LogP contribution >= 0.6 is 0 Å². The molecule has 0 atom stereocenters. The zero-order valence-electron chi connectivity index (χ0n) is 22.3. The van der Waals surface area contributed by atoms with E-state index in [0.717, 1.165) is 19.8 Å². The maximum absolute atomic E-state index is 9.03. The molecule has 0 radical (unpaired) electrons. The molecule has 0 aliphatic carbocycles. The van der Waals surface area contributed by atoms with Crippen LogP contribution in [-0.4, -0.2) is 19.8 Å². The number of nitrogens with zero attached hydrogens (tertiary/aromatic N) is 8. The van der Waals surface area contributed by atoms with Gasteiger partial charge in [0.25, 0.3) is 0 Å². The average Bonchev–Trinajstić information content (AvgIpc) is 3.27. The van der Waals surface area contributed by atoms with Crippen molar-refractivity contribution >= 4 is 22.7 Å². The lowest BCUT2D eigenvalue weighted by Crippen LogP contribution is -2.28. The van der Waals surface area contributed by atoms with E-state index in [1.54, 1.807) is 0 Å². The molecule has 0 spiro atoms. The van der Waals surface area contributed by atoms with E-state index in [1.165, 1.54) is 33.6 Å². The smallest absolute Gasteiger partial charge is 0.0904 e. The van der Waals surface area contributed by atoms with Gasteiger partial charge in [0.1, 0.15) is 0 Å². The molecule has 0 aromatic heterocycles. The second-order valence-electron chi connectivity index (χ2n) is 10.6. The third-order valence-electron chi connectivity index (χ3n) is 6.73. The summed E-state index contributed by atoms with van der Waals surface area (Å²) in [7, 11) is 0. The van der Waals surface area contributed by atoms with Gasteiger partial charge in [-0.1, -0.05) is 65.6 Å². The fourth-order valence-corrected chi connectivity index (χ4v) is 4.99. The number of rotatable bonds is 8. The van der Waals surface area contributed by atoms with E-state index in [-0.39, 0.29) is 0 Å². The average molecular weight is 475 g/mol. The summed E-state index contributed by atoms with van der Waals surface area (Å²) in [6.45, 7) is 20.1. The van der Waals surface area contributed by atoms with Gasteiger partial charge in [0.2, 0.25) is 0 Å². The molecule has 3 rings (SSSR count). The van der Waals surface area contributed by atoms with Crippen LogP contribution in [0.1, 0.15) is 101 Å². The molecule has 1 fully saturated rings. The van der Waals surface area contributed by atoms with Crippen molar-refractivity contribution in [1.82, 2.24) is 0 Å². The van der Waals surface area contributed by atoms with Gasteiger partial charge in [-0.25, -0.2) is 0 Å². The van der Waals surface area contributed by atoms with Gasteiger partial charge in [-0.05, 0) is 81.3 Å². The normalized spacial score (nSPS) is 13.7. The van der Waals surface area contributed by atoms with E-state index in [4.69, 9.17) is 11.1 Å². The third-order valence-corrected chi connectivity index (χ3v) is 6.73. The monoisotopic (exact) mass is 474 g/mol. The van der Waals surface area contributed by atoms with Gasteiger partial charge in [-0.3, -0.25) is 0 Å². The lowest BCUT2D eigenvalue weighted by molar-refractivity contribution is 0.797. The lowest BCUT2D eigenvalue weighted by atomic mass is 9.91. The van der Waals surface area contributed by atoms with E-state index >= 15 is 0 Å². The molecule has 2 aromatic carbocycles. The van der Waals surface area contributed by atoms with Crippen molar-refractivity contribution in [1.29, 1.82) is 0 Å². The number of benzene rings is 2. The Bertz CT molecular complexity index is 1020. The van der Waals surface area contributed by atoms with Crippen molar-refractivity contribution in [2.24, 2.45) is 10.2 Å². The van der Waals surface area contributed by atoms with Crippen molar-refractivity contribution in [3.8, 4) is 0 Å². The zero-order chi connectivity index (χ0) is 25.9. The molecular formula is C27H38N8. The van der Waals surface area contributed by atoms with Gasteiger partial charge in [0, 0.05) is 45.7 Å². The van der Waals surface area contributed by atoms with Crippen LogP contribution in [0.3, 0.4) is 0 Å². The predicted molar refractivity (Wildman–Crippen MR) is 146 cm³/mol. The van der Waals surface area contributed by atoms with Gasteiger partial charge >= 0.3 is 0 Å². The Kier molecular flexibility index (Phi) is 8.21. The van der Waals surface area contributed by atoms with Gasteiger partial charge < -0.3 is 9.80 Å². The highest BCUT2D eigenvalue weighted by molar-refractivity contribution is 5.72. The number of hydrogen-bond donors (Lipinski definition) is 0. The first-order valence-corrected chi connectivity index (χ1v) is 12.5. The third kappa shape index (κ3) is 5.50. The quantitative estimate of drug-likeness (QED) is 0.216. The summed E-state index contributed by atoms with van der Waals surface area (Å²) in [5.74, 6) is 1.19. The minimum atomic E-state index is 0.297. The summed E-state index contributed by atoms with van der Waals surface area (Å²) in [6.07, 6.45) is 0. The summed E-state index contributed by atoms with van der Waals surface area (Å²) in [5.41, 5.74) is 26.8. The molecule has 0 amide bonds. The molecule has 1 heterocycles. The van der Waals surface area contributed by atoms with E-state index in [0.29, 0.717) is 35.0 Å². The minimum absolute atomic E-state index is 0.297. The Labute approximate surface area is 209 Å². The fourth-order valence-electron chi connectivity index (χ4n) is 4.99. The summed E-state index contributed by atoms with van der Waals surface area (Å²) in [4.78, 5) is 11.0. The fraction of sp³-hybridized carbons (Fsp3) is 0.556. The molecular weight excluding hydrogens is 436 g/mol. The van der Waals surface area contributed by atoms with E-state index in [2.05, 4.69) is 85.2 Å². The van der Waals surface area contributed by atoms with Crippen LogP contribution in [0, 0.1) is 0 Å². The number of hydrogen-bond acceptors (Lipinski definition) is 4. The van der Waals surface area contributed by atoms with Crippen LogP contribution in [0.15, 0.2) is 34.5 Å². The molecule has 0 saturated carbocycles. The maximum Gasteiger partial charge on any atom is 0.0904 e. The van der Waals surface area contributed by atoms with Gasteiger partial charge in [-0.15, -0.1) is 0 Å². The van der Waals surface area contributed by atoms with Crippen molar-refractivity contribution in [2.45, 2.75) is 79.1 Å². The van der Waals surface area contributed by atoms with Gasteiger partial charge in [-0.2, -0.15) is 0 Å². The van der Waals surface area contributed by atoms with E-state index in [1.807, 2.05) is 24.3 Å². The molecule has 0 bridgehead atoms. The largest absolute Gasteiger partial charge is 0.352 e. The Hall–Kier alpha value is -3.34. The molecule has 0 unspecified atom stereocenters. The van der Waals surface area contributed by atoms with Crippen LogP contribution in [-0.2, 0) is 0 Å². The highest BCUT2D eigenvalue weighted by atomic mass is 15.4. The van der Waals surface area contributed by atoms with Crippen LogP contribution < -0.4 is 9.80 Å². The lowest BCUT2D eigenvalue weighted by Gasteiger charge is -2.31. The van der Waals surface area contributed by atoms with Crippen molar-refractivity contribution < 1.29 is 0 Å². The van der Waals surface area contributed by atoms with Crippen molar-refractivity contribution in [2.75, 3.05) is 29.6 Å². The first kappa shape index (κ1) is 26.3. The summed E-state index contributed by atoms with van der Waals surface area (Å²) in [6, 6.07) is 8.17. The molecule has 8 nitrogen and oxygen atoms in total. The molecule has 1 aliphatic heterocycles. The molecule has 0 N–H and O–H groups in total. The second kappa shape index (κ2) is 10.9. The molecule has 1 saturated heterocycles. The van der Waals surface area contributed by atoms with Crippen molar-refractivity contribution in [3.05, 3.63) is 67.4 Å². The summed E-state index contributed by atoms with van der Waals surface area (Å²) >= 11 is 0. The standard InChI is InChI=1S/C27H38N8/c1-16(2)22-11-20(30-32-28)12-23(17(3)4)26(22)34-9-10-35(15-34)27-24(18(5)6)13-21(31-33-29)14-25(27)19(7)8/h11-14,16-19H,9-10,15H2,1-8H3. The molecule has 1 aliphatic rings. The Morgan fingerprint density at radius 2 is 0.886 bits per heavy atom. The van der Waals surface area contributed by atoms with Gasteiger partial charge in [0.15, 0.2) is 0 Å². The minimum Gasteiger partial charge on any atom is -0.352 e. The highest BCUT2D eigenvalue weighted by Crippen LogP contribution is 2.43. The van der Waals surface area contributed by atoms with Crippen molar-refractivity contribution in [3.63, 3.8) is 0 Å². The SMILES string of the molecule is CC(C)c1cc(N=[N+]=[N-])cc(C(C)C)c1N1CCN(c2c(C(C)C)cc(N=[N+]=[N-])cc2C(C)C)C1. The molecule has 2 aromatic rings. The zero-order valence-corrected chi connectivity index (χ0v) is 22.3. The first-order valence-electron chi connectivity index (χ1n) is 12.5. The number of azide groups is 2. The summed E-state index contributed by atoms with van der Waals surface area (Å²) in [5, 5.41) is 7.85. The maximum atomic E-state index is 9.03. The Morgan fingerprint density at radius 1 is 0.600 bits per heavy atom. The van der Waals surface area contributed by atoms with E-state index < -0.39 is 0 Å². The Morgan fingerprint density at radius 3 is 1.11 bits per heavy atom. The van der Waals surface area contributed by atoms with Crippen LogP contribution in [0.5, 0.6) is 0 Å². The summed E-state index contributed by atoms with van der Waals surface area (Å²) < 4.78 is 0. The van der Waals surface area contributed by atoms with Gasteiger partial charge in [0.05, 0.1) is 6.67 Å². The highest BCUT2D eigenvalue weighted by Gasteiger charge is 2.30.